The van der Waals surface area contributed by atoms with E-state index in [0.717, 1.165) is 28.8 Å². The Labute approximate surface area is 118 Å². The van der Waals surface area contributed by atoms with Crippen LogP contribution < -0.4 is 0 Å². The van der Waals surface area contributed by atoms with Crippen molar-refractivity contribution in [2.24, 2.45) is 0 Å². The number of ether oxygens (including phenoxy) is 1. The third kappa shape index (κ3) is 2.99. The SMILES string of the molecule is COCCCc1nc2cc(C)c(C)cc2n1CC(=O)O. The van der Waals surface area contributed by atoms with Gasteiger partial charge in [-0.3, -0.25) is 4.79 Å². The Balaban J connectivity index is 2.45. The molecule has 0 fully saturated rings. The molecule has 5 heteroatoms. The van der Waals surface area contributed by atoms with Gasteiger partial charge in [0.05, 0.1) is 11.0 Å². The molecule has 2 aromatic rings. The number of imidazole rings is 1. The molecule has 1 N–H and O–H groups in total. The second-order valence-corrected chi connectivity index (χ2v) is 5.03. The van der Waals surface area contributed by atoms with Gasteiger partial charge < -0.3 is 14.4 Å². The molecule has 1 heterocycles. The van der Waals surface area contributed by atoms with Crippen LogP contribution in [0.3, 0.4) is 0 Å². The summed E-state index contributed by atoms with van der Waals surface area (Å²) in [4.78, 5) is 15.7. The number of aliphatic carboxylic acids is 1. The molecule has 0 unspecified atom stereocenters. The number of aryl methyl sites for hydroxylation is 3. The number of nitrogens with zero attached hydrogens (tertiary/aromatic N) is 2. The molecule has 0 aliphatic carbocycles. The van der Waals surface area contributed by atoms with E-state index in [2.05, 4.69) is 4.98 Å². The van der Waals surface area contributed by atoms with Crippen molar-refractivity contribution < 1.29 is 14.6 Å². The summed E-state index contributed by atoms with van der Waals surface area (Å²) in [6, 6.07) is 4.03. The monoisotopic (exact) mass is 276 g/mol. The highest BCUT2D eigenvalue weighted by molar-refractivity contribution is 5.80. The summed E-state index contributed by atoms with van der Waals surface area (Å²) in [7, 11) is 1.66. The molecule has 1 aromatic heterocycles. The van der Waals surface area contributed by atoms with Crippen molar-refractivity contribution in [3.8, 4) is 0 Å². The van der Waals surface area contributed by atoms with Crippen LogP contribution in [-0.2, 0) is 22.5 Å². The predicted octanol–water partition coefficient (Wildman–Crippen LogP) is 2.32. The summed E-state index contributed by atoms with van der Waals surface area (Å²) in [6.45, 7) is 4.66. The number of rotatable bonds is 6. The lowest BCUT2D eigenvalue weighted by molar-refractivity contribution is -0.137. The van der Waals surface area contributed by atoms with E-state index in [1.807, 2.05) is 26.0 Å². The molecule has 0 spiro atoms. The molecule has 1 aromatic carbocycles. The molecule has 5 nitrogen and oxygen atoms in total. The van der Waals surface area contributed by atoms with E-state index in [0.29, 0.717) is 13.0 Å². The van der Waals surface area contributed by atoms with Crippen LogP contribution in [0.1, 0.15) is 23.4 Å². The number of hydrogen-bond donors (Lipinski definition) is 1. The maximum absolute atomic E-state index is 11.1. The Bertz CT molecular complexity index is 632. The number of carboxylic acids is 1. The van der Waals surface area contributed by atoms with Gasteiger partial charge in [-0.05, 0) is 43.5 Å². The Morgan fingerprint density at radius 3 is 2.70 bits per heavy atom. The molecule has 0 saturated carbocycles. The van der Waals surface area contributed by atoms with Crippen LogP contribution in [0, 0.1) is 13.8 Å². The number of carbonyl (C=O) groups is 1. The zero-order chi connectivity index (χ0) is 14.7. The van der Waals surface area contributed by atoms with Gasteiger partial charge in [-0.1, -0.05) is 0 Å². The van der Waals surface area contributed by atoms with Crippen LogP contribution in [0.25, 0.3) is 11.0 Å². The molecule has 0 amide bonds. The lowest BCUT2D eigenvalue weighted by Crippen LogP contribution is -2.12. The molecule has 108 valence electrons. The first-order valence-corrected chi connectivity index (χ1v) is 6.70. The fourth-order valence-electron chi connectivity index (χ4n) is 2.31. The van der Waals surface area contributed by atoms with E-state index < -0.39 is 5.97 Å². The van der Waals surface area contributed by atoms with Crippen molar-refractivity contribution in [1.29, 1.82) is 0 Å². The van der Waals surface area contributed by atoms with Gasteiger partial charge in [0, 0.05) is 20.1 Å². The third-order valence-corrected chi connectivity index (χ3v) is 3.48. The lowest BCUT2D eigenvalue weighted by atomic mass is 10.1. The summed E-state index contributed by atoms with van der Waals surface area (Å²) in [6.07, 6.45) is 1.55. The molecule has 0 atom stereocenters. The smallest absolute Gasteiger partial charge is 0.323 e. The van der Waals surface area contributed by atoms with E-state index in [4.69, 9.17) is 9.84 Å². The minimum atomic E-state index is -0.851. The van der Waals surface area contributed by atoms with Crippen LogP contribution in [0.15, 0.2) is 12.1 Å². The molecule has 0 saturated heterocycles. The quantitative estimate of drug-likeness (QED) is 0.822. The van der Waals surface area contributed by atoms with Gasteiger partial charge in [0.25, 0.3) is 0 Å². The van der Waals surface area contributed by atoms with E-state index in [1.165, 1.54) is 5.56 Å². The fraction of sp³-hybridized carbons (Fsp3) is 0.467. The third-order valence-electron chi connectivity index (χ3n) is 3.48. The predicted molar refractivity (Wildman–Crippen MR) is 77.0 cm³/mol. The normalized spacial score (nSPS) is 11.2. The summed E-state index contributed by atoms with van der Waals surface area (Å²) in [5, 5.41) is 9.09. The largest absolute Gasteiger partial charge is 0.480 e. The Kier molecular flexibility index (Phi) is 4.39. The highest BCUT2D eigenvalue weighted by atomic mass is 16.5. The zero-order valence-electron chi connectivity index (χ0n) is 12.1. The van der Waals surface area contributed by atoms with Gasteiger partial charge in [-0.15, -0.1) is 0 Å². The van der Waals surface area contributed by atoms with Crippen molar-refractivity contribution in [1.82, 2.24) is 9.55 Å². The molecule has 0 aliphatic heterocycles. The Hall–Kier alpha value is -1.88. The molecular formula is C15H20N2O3. The van der Waals surface area contributed by atoms with Gasteiger partial charge in [0.1, 0.15) is 12.4 Å². The van der Waals surface area contributed by atoms with Gasteiger partial charge in [-0.25, -0.2) is 4.98 Å². The maximum atomic E-state index is 11.1. The average molecular weight is 276 g/mol. The highest BCUT2D eigenvalue weighted by Gasteiger charge is 2.14. The first kappa shape index (κ1) is 14.5. The van der Waals surface area contributed by atoms with Crippen LogP contribution >= 0.6 is 0 Å². The first-order valence-electron chi connectivity index (χ1n) is 6.70. The number of aromatic nitrogens is 2. The highest BCUT2D eigenvalue weighted by Crippen LogP contribution is 2.21. The number of hydrogen-bond acceptors (Lipinski definition) is 3. The Morgan fingerprint density at radius 1 is 1.35 bits per heavy atom. The minimum absolute atomic E-state index is 0.0542. The van der Waals surface area contributed by atoms with Crippen molar-refractivity contribution in [2.75, 3.05) is 13.7 Å². The molecule has 20 heavy (non-hydrogen) atoms. The van der Waals surface area contributed by atoms with Crippen LogP contribution in [-0.4, -0.2) is 34.3 Å². The first-order chi connectivity index (χ1) is 9.52. The van der Waals surface area contributed by atoms with Crippen molar-refractivity contribution >= 4 is 17.0 Å². The second-order valence-electron chi connectivity index (χ2n) is 5.03. The molecule has 0 aliphatic rings. The minimum Gasteiger partial charge on any atom is -0.480 e. The van der Waals surface area contributed by atoms with Gasteiger partial charge in [0.2, 0.25) is 0 Å². The zero-order valence-corrected chi connectivity index (χ0v) is 12.1. The van der Waals surface area contributed by atoms with Gasteiger partial charge in [-0.2, -0.15) is 0 Å². The van der Waals surface area contributed by atoms with Crippen molar-refractivity contribution in [3.05, 3.63) is 29.1 Å². The summed E-state index contributed by atoms with van der Waals surface area (Å²) < 4.78 is 6.83. The Morgan fingerprint density at radius 2 is 2.05 bits per heavy atom. The summed E-state index contributed by atoms with van der Waals surface area (Å²) in [5.41, 5.74) is 4.07. The summed E-state index contributed by atoms with van der Waals surface area (Å²) in [5.74, 6) is -0.0417. The topological polar surface area (TPSA) is 64.4 Å². The van der Waals surface area contributed by atoms with E-state index in [1.54, 1.807) is 11.7 Å². The van der Waals surface area contributed by atoms with E-state index in [9.17, 15) is 4.79 Å². The number of benzene rings is 1. The number of methoxy groups -OCH3 is 1. The van der Waals surface area contributed by atoms with E-state index >= 15 is 0 Å². The molecular weight excluding hydrogens is 256 g/mol. The van der Waals surface area contributed by atoms with Crippen LogP contribution in [0.5, 0.6) is 0 Å². The van der Waals surface area contributed by atoms with Gasteiger partial charge in [0.15, 0.2) is 0 Å². The average Bonchev–Trinajstić information content (AvgIpc) is 2.68. The van der Waals surface area contributed by atoms with Crippen LogP contribution in [0.4, 0.5) is 0 Å². The van der Waals surface area contributed by atoms with Crippen molar-refractivity contribution in [2.45, 2.75) is 33.2 Å². The van der Waals surface area contributed by atoms with Gasteiger partial charge >= 0.3 is 5.97 Å². The molecule has 0 radical (unpaired) electrons. The summed E-state index contributed by atoms with van der Waals surface area (Å²) >= 11 is 0. The van der Waals surface area contributed by atoms with Crippen LogP contribution in [0.2, 0.25) is 0 Å². The lowest BCUT2D eigenvalue weighted by Gasteiger charge is -2.07. The van der Waals surface area contributed by atoms with Crippen molar-refractivity contribution in [3.63, 3.8) is 0 Å². The second kappa shape index (κ2) is 6.05. The van der Waals surface area contributed by atoms with E-state index in [-0.39, 0.29) is 6.54 Å². The number of fused-ring (bicyclic) bond motifs is 1. The number of carboxylic acid groups (broad SMARTS) is 1. The molecule has 2 rings (SSSR count). The molecule has 0 bridgehead atoms. The maximum Gasteiger partial charge on any atom is 0.323 e. The fourth-order valence-corrected chi connectivity index (χ4v) is 2.31. The standard InChI is InChI=1S/C15H20N2O3/c1-10-7-12-13(8-11(10)2)17(9-15(18)19)14(16-12)5-4-6-20-3/h7-8H,4-6,9H2,1-3H3,(H,18,19).